The van der Waals surface area contributed by atoms with Crippen LogP contribution < -0.4 is 10.9 Å². The molecule has 0 radical (unpaired) electrons. The molecule has 1 amide bonds. The van der Waals surface area contributed by atoms with Crippen molar-refractivity contribution in [3.8, 4) is 0 Å². The van der Waals surface area contributed by atoms with Crippen LogP contribution in [0, 0.1) is 25.7 Å². The van der Waals surface area contributed by atoms with E-state index >= 15 is 0 Å². The molecule has 1 N–H and O–H groups in total. The van der Waals surface area contributed by atoms with Crippen LogP contribution in [0.15, 0.2) is 35.1 Å². The van der Waals surface area contributed by atoms with Gasteiger partial charge in [0.2, 0.25) is 0 Å². The number of aryl methyl sites for hydroxylation is 2. The van der Waals surface area contributed by atoms with Crippen molar-refractivity contribution in [2.45, 2.75) is 33.2 Å². The topological polar surface area (TPSA) is 54.3 Å². The Kier molecular flexibility index (Phi) is 6.20. The third kappa shape index (κ3) is 3.51. The maximum Gasteiger partial charge on any atom is 0.263 e. The van der Waals surface area contributed by atoms with Crippen molar-refractivity contribution in [3.05, 3.63) is 68.6 Å². The molecule has 2 aliphatic rings. The largest absolute Gasteiger partial charge is 0.331 e. The van der Waals surface area contributed by atoms with Crippen LogP contribution in [0.1, 0.15) is 45.7 Å². The van der Waals surface area contributed by atoms with Crippen LogP contribution in [0.4, 0.5) is 0 Å². The average molecular weight is 416 g/mol. The summed E-state index contributed by atoms with van der Waals surface area (Å²) in [6, 6.07) is 10.1. The number of benzene rings is 1. The number of nitrogens with one attached hydrogen (secondary N) is 1. The molecule has 2 aromatic rings. The van der Waals surface area contributed by atoms with E-state index in [1.54, 1.807) is 17.7 Å². The number of aromatic nitrogens is 1. The molecule has 0 spiro atoms. The molecule has 1 aromatic heterocycles. The Morgan fingerprint density at radius 3 is 2.59 bits per heavy atom. The Morgan fingerprint density at radius 1 is 1.17 bits per heavy atom. The lowest BCUT2D eigenvalue weighted by atomic mass is 9.87. The average Bonchev–Trinajstić information content (AvgIpc) is 3.26. The van der Waals surface area contributed by atoms with Crippen LogP contribution in [0.25, 0.3) is 0 Å². The van der Waals surface area contributed by atoms with Crippen LogP contribution in [-0.4, -0.2) is 35.0 Å². The molecule has 0 aliphatic carbocycles. The van der Waals surface area contributed by atoms with Crippen molar-refractivity contribution in [1.29, 1.82) is 0 Å². The third-order valence-electron chi connectivity index (χ3n) is 6.65. The minimum atomic E-state index is -0.189. The summed E-state index contributed by atoms with van der Waals surface area (Å²) in [6.07, 6.45) is 0.775. The highest BCUT2D eigenvalue weighted by atomic mass is 35.5. The molecule has 5 nitrogen and oxygen atoms in total. The maximum absolute atomic E-state index is 13.6. The number of amides is 1. The molecule has 3 heterocycles. The summed E-state index contributed by atoms with van der Waals surface area (Å²) in [4.78, 5) is 28.5. The van der Waals surface area contributed by atoms with Gasteiger partial charge in [0.05, 0.1) is 6.04 Å². The van der Waals surface area contributed by atoms with Crippen molar-refractivity contribution in [2.24, 2.45) is 18.9 Å². The third-order valence-corrected chi connectivity index (χ3v) is 6.65. The molecule has 4 rings (SSSR count). The normalized spacial score (nSPS) is 23.0. The van der Waals surface area contributed by atoms with Crippen LogP contribution in [0.3, 0.4) is 0 Å². The number of hydrogen-bond donors (Lipinski definition) is 1. The summed E-state index contributed by atoms with van der Waals surface area (Å²) in [6.45, 7) is 8.67. The second kappa shape index (κ2) is 8.33. The van der Waals surface area contributed by atoms with E-state index in [4.69, 9.17) is 0 Å². The van der Waals surface area contributed by atoms with Gasteiger partial charge in [-0.15, -0.1) is 12.4 Å². The Hall–Kier alpha value is -2.11. The van der Waals surface area contributed by atoms with Gasteiger partial charge in [-0.25, -0.2) is 0 Å². The Labute approximate surface area is 178 Å². The van der Waals surface area contributed by atoms with Crippen LogP contribution in [0.5, 0.6) is 0 Å². The molecule has 0 unspecified atom stereocenters. The lowest BCUT2D eigenvalue weighted by Gasteiger charge is -2.30. The van der Waals surface area contributed by atoms with E-state index in [2.05, 4.69) is 24.4 Å². The monoisotopic (exact) mass is 415 g/mol. The molecular weight excluding hydrogens is 386 g/mol. The van der Waals surface area contributed by atoms with Gasteiger partial charge in [-0.1, -0.05) is 31.2 Å². The number of fused-ring (bicyclic) bond motifs is 1. The van der Waals surface area contributed by atoms with Crippen LogP contribution >= 0.6 is 12.4 Å². The number of pyridine rings is 1. The van der Waals surface area contributed by atoms with E-state index in [1.807, 2.05) is 30.9 Å². The molecule has 3 atom stereocenters. The molecular formula is C23H30ClN3O2. The smallest absolute Gasteiger partial charge is 0.263 e. The first-order chi connectivity index (χ1) is 13.4. The van der Waals surface area contributed by atoms with Gasteiger partial charge in [0.15, 0.2) is 0 Å². The summed E-state index contributed by atoms with van der Waals surface area (Å²) >= 11 is 0. The second-order valence-corrected chi connectivity index (χ2v) is 8.25. The summed E-state index contributed by atoms with van der Waals surface area (Å²) in [7, 11) is 1.77. The fourth-order valence-electron chi connectivity index (χ4n) is 5.20. The van der Waals surface area contributed by atoms with Gasteiger partial charge in [0.1, 0.15) is 5.56 Å². The van der Waals surface area contributed by atoms with E-state index < -0.39 is 0 Å². The lowest BCUT2D eigenvalue weighted by Crippen LogP contribution is -2.39. The molecule has 1 aromatic carbocycles. The molecule has 2 fully saturated rings. The van der Waals surface area contributed by atoms with Gasteiger partial charge in [0, 0.05) is 38.3 Å². The summed E-state index contributed by atoms with van der Waals surface area (Å²) < 4.78 is 1.64. The van der Waals surface area contributed by atoms with E-state index in [0.29, 0.717) is 23.9 Å². The lowest BCUT2D eigenvalue weighted by molar-refractivity contribution is 0.0711. The van der Waals surface area contributed by atoms with E-state index in [-0.39, 0.29) is 29.9 Å². The van der Waals surface area contributed by atoms with E-state index in [1.165, 1.54) is 11.1 Å². The first-order valence-electron chi connectivity index (χ1n) is 10.2. The Morgan fingerprint density at radius 2 is 1.90 bits per heavy atom. The fraction of sp³-hybridized carbons (Fsp3) is 0.478. The van der Waals surface area contributed by atoms with Gasteiger partial charge in [-0.05, 0) is 48.9 Å². The summed E-state index contributed by atoms with van der Waals surface area (Å²) in [5.74, 6) is 0.701. The molecule has 2 aliphatic heterocycles. The standard InChI is InChI=1S/C23H29N3O2.ClH/c1-5-20-15(3)10-18(22(27)25(20)4)23(28)26-13-16-11-24-12-19(16)21(26)17-9-7-6-8-14(17)2;/h6-10,16,19,21,24H,5,11-13H2,1-4H3;1H/t16-,19-,21+;/m0./s1. The van der Waals surface area contributed by atoms with Crippen molar-refractivity contribution < 1.29 is 4.79 Å². The Balaban J connectivity index is 0.00000240. The van der Waals surface area contributed by atoms with Gasteiger partial charge < -0.3 is 14.8 Å². The zero-order chi connectivity index (χ0) is 20.0. The summed E-state index contributed by atoms with van der Waals surface area (Å²) in [5, 5.41) is 3.48. The van der Waals surface area contributed by atoms with Gasteiger partial charge in [-0.2, -0.15) is 0 Å². The SMILES string of the molecule is CCc1c(C)cc(C(=O)N2C[C@@H]3CNC[C@@H]3[C@H]2c2ccccc2C)c(=O)n1C.Cl. The maximum atomic E-state index is 13.6. The van der Waals surface area contributed by atoms with Crippen molar-refractivity contribution in [3.63, 3.8) is 0 Å². The van der Waals surface area contributed by atoms with Gasteiger partial charge >= 0.3 is 0 Å². The van der Waals surface area contributed by atoms with E-state index in [9.17, 15) is 9.59 Å². The number of carbonyl (C=O) groups excluding carboxylic acids is 1. The van der Waals surface area contributed by atoms with E-state index in [0.717, 1.165) is 30.8 Å². The number of nitrogens with zero attached hydrogens (tertiary/aromatic N) is 2. The first-order valence-corrected chi connectivity index (χ1v) is 10.2. The number of hydrogen-bond acceptors (Lipinski definition) is 3. The molecule has 0 saturated carbocycles. The molecule has 156 valence electrons. The predicted octanol–water partition coefficient (Wildman–Crippen LogP) is 3.02. The number of rotatable bonds is 3. The zero-order valence-electron chi connectivity index (χ0n) is 17.6. The van der Waals surface area contributed by atoms with Gasteiger partial charge in [0.25, 0.3) is 11.5 Å². The van der Waals surface area contributed by atoms with Gasteiger partial charge in [-0.3, -0.25) is 9.59 Å². The summed E-state index contributed by atoms with van der Waals surface area (Å²) in [5.41, 5.74) is 4.49. The van der Waals surface area contributed by atoms with Crippen molar-refractivity contribution in [2.75, 3.05) is 19.6 Å². The molecule has 2 saturated heterocycles. The molecule has 0 bridgehead atoms. The highest BCUT2D eigenvalue weighted by Crippen LogP contribution is 2.44. The van der Waals surface area contributed by atoms with Crippen LogP contribution in [-0.2, 0) is 13.5 Å². The number of halogens is 1. The highest BCUT2D eigenvalue weighted by molar-refractivity contribution is 5.94. The minimum Gasteiger partial charge on any atom is -0.331 e. The van der Waals surface area contributed by atoms with Crippen molar-refractivity contribution >= 4 is 18.3 Å². The van der Waals surface area contributed by atoms with Crippen molar-refractivity contribution in [1.82, 2.24) is 14.8 Å². The predicted molar refractivity (Wildman–Crippen MR) is 118 cm³/mol. The second-order valence-electron chi connectivity index (χ2n) is 8.25. The quantitative estimate of drug-likeness (QED) is 0.838. The fourth-order valence-corrected chi connectivity index (χ4v) is 5.20. The zero-order valence-corrected chi connectivity index (χ0v) is 18.4. The Bertz CT molecular complexity index is 985. The number of likely N-dealkylation sites (tertiary alicyclic amines) is 1. The van der Waals surface area contributed by atoms with Crippen LogP contribution in [0.2, 0.25) is 0 Å². The molecule has 29 heavy (non-hydrogen) atoms. The minimum absolute atomic E-state index is 0. The number of carbonyl (C=O) groups is 1. The highest BCUT2D eigenvalue weighted by Gasteiger charge is 2.47. The first kappa shape index (κ1) is 21.6. The molecule has 6 heteroatoms.